The van der Waals surface area contributed by atoms with Crippen LogP contribution in [0.1, 0.15) is 48.5 Å². The van der Waals surface area contributed by atoms with Crippen LogP contribution in [0.4, 0.5) is 43.9 Å². The molecule has 0 radical (unpaired) electrons. The van der Waals surface area contributed by atoms with Crippen LogP contribution in [0.5, 0.6) is 11.8 Å². The van der Waals surface area contributed by atoms with Crippen LogP contribution in [0.25, 0.3) is 22.3 Å². The Bertz CT molecular complexity index is 3360. The highest BCUT2D eigenvalue weighted by molar-refractivity contribution is 8.13. The number of nitrogens with one attached hydrogen (secondary N) is 1. The lowest BCUT2D eigenvalue weighted by Crippen LogP contribution is -2.40. The van der Waals surface area contributed by atoms with Gasteiger partial charge < -0.3 is 24.3 Å². The summed E-state index contributed by atoms with van der Waals surface area (Å²) in [6, 6.07) is 17.2. The van der Waals surface area contributed by atoms with Gasteiger partial charge in [-0.15, -0.1) is 0 Å². The average molecular weight is 1240 g/mol. The number of ether oxygens (including phenoxy) is 4. The number of alkyl halides is 8. The molecule has 0 spiro atoms. The predicted octanol–water partition coefficient (Wildman–Crippen LogP) is 9.77. The Morgan fingerprint density at radius 1 is 0.614 bits per heavy atom. The Kier molecular flexibility index (Phi) is 23.0. The number of ketones is 2. The summed E-state index contributed by atoms with van der Waals surface area (Å²) in [6.45, 7) is 0.601. The van der Waals surface area contributed by atoms with Crippen molar-refractivity contribution in [3.8, 4) is 34.0 Å². The average Bonchev–Trinajstić information content (AvgIpc) is 3.80. The molecule has 2 fully saturated rings. The van der Waals surface area contributed by atoms with Crippen molar-refractivity contribution in [3.63, 3.8) is 0 Å². The number of rotatable bonds is 21. The molecule has 8 rings (SSSR count). The van der Waals surface area contributed by atoms with Crippen molar-refractivity contribution in [2.75, 3.05) is 53.7 Å². The van der Waals surface area contributed by atoms with E-state index in [0.29, 0.717) is 40.2 Å². The number of aromatic nitrogens is 4. The number of Topliss-reactive ketones (excluding diaryl/α,β-unsaturated/α-hetero) is 2. The summed E-state index contributed by atoms with van der Waals surface area (Å²) in [5.41, 5.74) is 0.632. The third-order valence-corrected chi connectivity index (χ3v) is 15.6. The fourth-order valence-corrected chi connectivity index (χ4v) is 10.6. The monoisotopic (exact) mass is 1230 g/mol. The van der Waals surface area contributed by atoms with E-state index >= 15 is 0 Å². The topological polar surface area (TPSA) is 206 Å². The molecule has 0 saturated carbocycles. The standard InChI is InChI=1S/C27H26F5N3O5S.C21H23F4N3O3.C6H4ClFO2S/c1-39-10-11-40-26-13-18(17-2-9-25(33-15-17)27(30,31)32)12-21(34-26)5-8-24(36)23-14-20(29)16-35(23)41(37,38)22-6-3-19(28)4-7-22;1-30-6-7-31-20-9-14(13-2-5-19(27-11-13)21(23,24)25)8-16(28-20)3-4-18(29)17-10-15(22)12-26-17;7-11(9,10)6-3-1-5(8)2-4-6/h2-4,6-7,9,12-13,15,20,23H,5,8,10-11,14,16H2,1H3;2,5,8-9,11,15,17,26H,3-4,6-7,10,12H2,1H3;1-4H/t20-,23+;15-,17+;/m11./s1. The predicted molar refractivity (Wildman–Crippen MR) is 281 cm³/mol. The van der Waals surface area contributed by atoms with Gasteiger partial charge in [-0.3, -0.25) is 19.6 Å². The van der Waals surface area contributed by atoms with Crippen molar-refractivity contribution < 1.29 is 89.3 Å². The van der Waals surface area contributed by atoms with Crippen molar-refractivity contribution in [2.24, 2.45) is 0 Å². The van der Waals surface area contributed by atoms with Gasteiger partial charge >= 0.3 is 12.4 Å². The van der Waals surface area contributed by atoms with E-state index in [1.54, 1.807) is 18.2 Å². The first-order valence-electron chi connectivity index (χ1n) is 25.0. The molecule has 2 saturated heterocycles. The second-order valence-corrected chi connectivity index (χ2v) is 22.9. The number of pyridine rings is 4. The van der Waals surface area contributed by atoms with Gasteiger partial charge in [0.05, 0.1) is 35.1 Å². The van der Waals surface area contributed by atoms with Crippen molar-refractivity contribution in [2.45, 2.75) is 85.1 Å². The quantitative estimate of drug-likeness (QED) is 0.0404. The molecule has 0 amide bonds. The molecule has 4 aromatic heterocycles. The highest BCUT2D eigenvalue weighted by atomic mass is 35.7. The van der Waals surface area contributed by atoms with E-state index in [4.69, 9.17) is 29.6 Å². The SMILES string of the molecule is COCCOc1cc(-c2ccc(C(F)(F)F)nc2)cc(CCC(=O)[C@@H]2C[C@@H](F)CN2)n1.COCCOc1cc(-c2ccc(C(F)(F)F)nc2)cc(CCC(=O)[C@@H]2C[C@@H](F)CN2S(=O)(=O)c2ccc(F)cc2)n1.O=S(=O)(Cl)c1ccc(F)cc1. The van der Waals surface area contributed by atoms with Gasteiger partial charge in [0, 0.05) is 111 Å². The van der Waals surface area contributed by atoms with Crippen LogP contribution in [-0.2, 0) is 63.3 Å². The summed E-state index contributed by atoms with van der Waals surface area (Å²) in [5.74, 6) is -1.39. The highest BCUT2D eigenvalue weighted by Crippen LogP contribution is 2.34. The minimum Gasteiger partial charge on any atom is -0.475 e. The molecule has 16 nitrogen and oxygen atoms in total. The Balaban J connectivity index is 0.000000231. The largest absolute Gasteiger partial charge is 0.475 e. The fourth-order valence-electron chi connectivity index (χ4n) is 8.22. The third kappa shape index (κ3) is 19.4. The van der Waals surface area contributed by atoms with Gasteiger partial charge in [-0.1, -0.05) is 12.1 Å². The van der Waals surface area contributed by atoms with Crippen molar-refractivity contribution in [3.05, 3.63) is 144 Å². The lowest BCUT2D eigenvalue weighted by molar-refractivity contribution is -0.141. The zero-order valence-corrected chi connectivity index (χ0v) is 46.4. The fraction of sp³-hybridized carbons (Fsp3) is 0.370. The molecule has 448 valence electrons. The van der Waals surface area contributed by atoms with Crippen LogP contribution in [0.15, 0.2) is 119 Å². The Morgan fingerprint density at radius 3 is 1.47 bits per heavy atom. The molecule has 0 aliphatic carbocycles. The number of benzene rings is 2. The van der Waals surface area contributed by atoms with E-state index < -0.39 is 91.2 Å². The molecule has 2 aromatic carbocycles. The molecule has 2 aliphatic heterocycles. The zero-order chi connectivity index (χ0) is 60.7. The van der Waals surface area contributed by atoms with E-state index in [1.165, 1.54) is 32.4 Å². The van der Waals surface area contributed by atoms with E-state index in [9.17, 15) is 70.3 Å². The minimum atomic E-state index is -4.60. The number of nitrogens with zero attached hydrogens (tertiary/aromatic N) is 5. The number of methoxy groups -OCH3 is 2. The number of carbonyl (C=O) groups excluding carboxylic acids is 2. The van der Waals surface area contributed by atoms with Gasteiger partial charge in [-0.2, -0.15) is 30.6 Å². The first kappa shape index (κ1) is 65.5. The highest BCUT2D eigenvalue weighted by Gasteiger charge is 2.44. The molecule has 1 N–H and O–H groups in total. The van der Waals surface area contributed by atoms with Gasteiger partial charge in [0.1, 0.15) is 54.4 Å². The maximum Gasteiger partial charge on any atom is 0.433 e. The first-order chi connectivity index (χ1) is 39.1. The number of aryl methyl sites for hydroxylation is 2. The van der Waals surface area contributed by atoms with Gasteiger partial charge in [-0.25, -0.2) is 44.4 Å². The van der Waals surface area contributed by atoms with Crippen molar-refractivity contribution >= 4 is 41.3 Å². The summed E-state index contributed by atoms with van der Waals surface area (Å²) in [7, 11) is -0.0241. The van der Waals surface area contributed by atoms with Crippen LogP contribution < -0.4 is 14.8 Å². The molecular formula is C54H53ClF10N6O10S2. The smallest absolute Gasteiger partial charge is 0.433 e. The summed E-state index contributed by atoms with van der Waals surface area (Å²) < 4.78 is 200. The molecule has 0 bridgehead atoms. The minimum absolute atomic E-state index is 0.0132. The maximum absolute atomic E-state index is 14.4. The Hall–Kier alpha value is -6.69. The number of sulfonamides is 1. The van der Waals surface area contributed by atoms with Crippen LogP contribution in [-0.4, -0.2) is 131 Å². The van der Waals surface area contributed by atoms with Crippen LogP contribution in [0, 0.1) is 11.6 Å². The number of hydrogen-bond acceptors (Lipinski definition) is 15. The molecule has 6 aromatic rings. The van der Waals surface area contributed by atoms with E-state index in [0.717, 1.165) is 77.4 Å². The molecular weight excluding hydrogens is 1180 g/mol. The maximum atomic E-state index is 14.4. The Morgan fingerprint density at radius 2 is 1.07 bits per heavy atom. The first-order valence-corrected chi connectivity index (χ1v) is 28.8. The van der Waals surface area contributed by atoms with E-state index in [-0.39, 0.29) is 92.2 Å². The van der Waals surface area contributed by atoms with Crippen molar-refractivity contribution in [1.82, 2.24) is 29.6 Å². The summed E-state index contributed by atoms with van der Waals surface area (Å²) >= 11 is 0. The van der Waals surface area contributed by atoms with Crippen molar-refractivity contribution in [1.29, 1.82) is 0 Å². The summed E-state index contributed by atoms with van der Waals surface area (Å²) in [6.07, 6.45) is -9.43. The van der Waals surface area contributed by atoms with E-state index in [2.05, 4.69) is 25.3 Å². The third-order valence-electron chi connectivity index (χ3n) is 12.4. The number of halogens is 11. The van der Waals surface area contributed by atoms with Gasteiger partial charge in [0.2, 0.25) is 21.8 Å². The van der Waals surface area contributed by atoms with Crippen LogP contribution >= 0.6 is 10.7 Å². The molecule has 83 heavy (non-hydrogen) atoms. The Labute approximate surface area is 475 Å². The number of carbonyl (C=O) groups is 2. The van der Waals surface area contributed by atoms with Crippen LogP contribution in [0.2, 0.25) is 0 Å². The molecule has 6 heterocycles. The lowest BCUT2D eigenvalue weighted by atomic mass is 10.0. The molecule has 4 atom stereocenters. The second kappa shape index (κ2) is 29.2. The second-order valence-electron chi connectivity index (χ2n) is 18.4. The molecule has 2 aliphatic rings. The normalized spacial score (nSPS) is 17.5. The number of hydrogen-bond donors (Lipinski definition) is 1. The van der Waals surface area contributed by atoms with Gasteiger partial charge in [-0.05, 0) is 96.8 Å². The van der Waals surface area contributed by atoms with Gasteiger partial charge in [0.25, 0.3) is 9.05 Å². The lowest BCUT2D eigenvalue weighted by Gasteiger charge is -2.22. The summed E-state index contributed by atoms with van der Waals surface area (Å²) in [4.78, 5) is 40.8. The molecule has 0 unspecified atom stereocenters. The zero-order valence-electron chi connectivity index (χ0n) is 44.0. The van der Waals surface area contributed by atoms with E-state index in [1.807, 2.05) is 0 Å². The van der Waals surface area contributed by atoms with Gasteiger partial charge in [0.15, 0.2) is 5.78 Å². The summed E-state index contributed by atoms with van der Waals surface area (Å²) in [5, 5.41) is 2.86. The van der Waals surface area contributed by atoms with Crippen LogP contribution in [0.3, 0.4) is 0 Å². The molecule has 29 heteroatoms.